The van der Waals surface area contributed by atoms with Crippen molar-refractivity contribution in [3.63, 3.8) is 0 Å². The summed E-state index contributed by atoms with van der Waals surface area (Å²) in [6.45, 7) is 0. The van der Waals surface area contributed by atoms with E-state index < -0.39 is 6.10 Å². The Morgan fingerprint density at radius 2 is 2.17 bits per heavy atom. The third-order valence-corrected chi connectivity index (χ3v) is 2.07. The first-order chi connectivity index (χ1) is 5.68. The molecule has 0 amide bonds. The highest BCUT2D eigenvalue weighted by atomic mass is 16.3. The van der Waals surface area contributed by atoms with Gasteiger partial charge in [-0.05, 0) is 23.8 Å². The van der Waals surface area contributed by atoms with Crippen LogP contribution in [-0.4, -0.2) is 16.0 Å². The summed E-state index contributed by atoms with van der Waals surface area (Å²) in [4.78, 5) is 11.1. The molecule has 62 valence electrons. The number of aromatic hydroxyl groups is 1. The van der Waals surface area contributed by atoms with Crippen LogP contribution in [0.5, 0.6) is 5.75 Å². The number of aliphatic hydroxyl groups is 1. The molecule has 1 unspecified atom stereocenters. The van der Waals surface area contributed by atoms with Crippen molar-refractivity contribution in [3.05, 3.63) is 29.3 Å². The van der Waals surface area contributed by atoms with Crippen molar-refractivity contribution in [2.24, 2.45) is 0 Å². The lowest BCUT2D eigenvalue weighted by Crippen LogP contribution is -1.90. The zero-order chi connectivity index (χ0) is 8.72. The van der Waals surface area contributed by atoms with E-state index in [0.29, 0.717) is 11.1 Å². The van der Waals surface area contributed by atoms with E-state index in [2.05, 4.69) is 0 Å². The van der Waals surface area contributed by atoms with Gasteiger partial charge in [-0.2, -0.15) is 0 Å². The molecule has 3 nitrogen and oxygen atoms in total. The number of benzene rings is 1. The minimum atomic E-state index is -0.736. The Balaban J connectivity index is 2.60. The van der Waals surface area contributed by atoms with Crippen LogP contribution >= 0.6 is 0 Å². The molecule has 1 aliphatic rings. The third-order valence-electron chi connectivity index (χ3n) is 2.07. The van der Waals surface area contributed by atoms with Gasteiger partial charge in [-0.1, -0.05) is 0 Å². The Morgan fingerprint density at radius 1 is 1.42 bits per heavy atom. The van der Waals surface area contributed by atoms with Gasteiger partial charge in [0.25, 0.3) is 0 Å². The molecule has 0 saturated heterocycles. The zero-order valence-corrected chi connectivity index (χ0v) is 6.32. The van der Waals surface area contributed by atoms with E-state index in [9.17, 15) is 9.90 Å². The number of fused-ring (bicyclic) bond motifs is 1. The molecule has 0 spiro atoms. The van der Waals surface area contributed by atoms with Crippen molar-refractivity contribution >= 4 is 5.78 Å². The number of Topliss-reactive ketones (excluding diaryl/α,β-unsaturated/α-hetero) is 1. The van der Waals surface area contributed by atoms with Crippen molar-refractivity contribution < 1.29 is 15.0 Å². The highest BCUT2D eigenvalue weighted by molar-refractivity contribution is 6.01. The van der Waals surface area contributed by atoms with Crippen LogP contribution < -0.4 is 0 Å². The minimum Gasteiger partial charge on any atom is -0.508 e. The first-order valence-electron chi connectivity index (χ1n) is 3.72. The summed E-state index contributed by atoms with van der Waals surface area (Å²) >= 11 is 0. The molecule has 0 aromatic heterocycles. The van der Waals surface area contributed by atoms with Gasteiger partial charge in [-0.15, -0.1) is 0 Å². The van der Waals surface area contributed by atoms with Crippen LogP contribution in [0.2, 0.25) is 0 Å². The van der Waals surface area contributed by atoms with Gasteiger partial charge in [0.05, 0.1) is 6.10 Å². The fourth-order valence-electron chi connectivity index (χ4n) is 1.48. The molecule has 0 heterocycles. The normalized spacial score (nSPS) is 21.1. The second kappa shape index (κ2) is 2.32. The first-order valence-corrected chi connectivity index (χ1v) is 3.72. The molecule has 3 heteroatoms. The second-order valence-corrected chi connectivity index (χ2v) is 2.91. The number of aliphatic hydroxyl groups excluding tert-OH is 1. The molecule has 0 radical (unpaired) electrons. The Kier molecular flexibility index (Phi) is 1.41. The van der Waals surface area contributed by atoms with E-state index in [-0.39, 0.29) is 18.0 Å². The average molecular weight is 164 g/mol. The zero-order valence-electron chi connectivity index (χ0n) is 6.32. The second-order valence-electron chi connectivity index (χ2n) is 2.91. The Morgan fingerprint density at radius 3 is 2.92 bits per heavy atom. The molecule has 12 heavy (non-hydrogen) atoms. The molecule has 1 aromatic carbocycles. The largest absolute Gasteiger partial charge is 0.508 e. The third kappa shape index (κ3) is 0.905. The molecule has 2 N–H and O–H groups in total. The lowest BCUT2D eigenvalue weighted by Gasteiger charge is -2.01. The summed E-state index contributed by atoms with van der Waals surface area (Å²) in [6, 6.07) is 4.43. The molecule has 2 rings (SSSR count). The van der Waals surface area contributed by atoms with Gasteiger partial charge in [0.2, 0.25) is 0 Å². The summed E-state index contributed by atoms with van der Waals surface area (Å²) < 4.78 is 0. The Labute approximate surface area is 69.3 Å². The fraction of sp³-hybridized carbons (Fsp3) is 0.222. The molecule has 0 aliphatic heterocycles. The number of phenolic OH excluding ortho intramolecular Hbond substituents is 1. The van der Waals surface area contributed by atoms with E-state index in [1.807, 2.05) is 0 Å². The maximum Gasteiger partial charge on any atom is 0.166 e. The van der Waals surface area contributed by atoms with Crippen LogP contribution in [0.1, 0.15) is 28.4 Å². The van der Waals surface area contributed by atoms with Crippen molar-refractivity contribution in [2.75, 3.05) is 0 Å². The predicted octanol–water partition coefficient (Wildman–Crippen LogP) is 1.01. The van der Waals surface area contributed by atoms with Crippen molar-refractivity contribution in [3.8, 4) is 5.75 Å². The van der Waals surface area contributed by atoms with Gasteiger partial charge in [0.15, 0.2) is 5.78 Å². The SMILES string of the molecule is O=C1CC(O)c2cc(O)ccc21. The summed E-state index contributed by atoms with van der Waals surface area (Å²) in [6.07, 6.45) is -0.599. The van der Waals surface area contributed by atoms with Crippen LogP contribution in [0, 0.1) is 0 Å². The topological polar surface area (TPSA) is 57.5 Å². The maximum absolute atomic E-state index is 11.1. The molecular weight excluding hydrogens is 156 g/mol. The van der Waals surface area contributed by atoms with Crippen molar-refractivity contribution in [1.82, 2.24) is 0 Å². The molecule has 0 saturated carbocycles. The summed E-state index contributed by atoms with van der Waals surface area (Å²) in [5.74, 6) is 0.0278. The van der Waals surface area contributed by atoms with Crippen LogP contribution in [-0.2, 0) is 0 Å². The standard InChI is InChI=1S/C9H8O3/c10-5-1-2-6-7(3-5)9(12)4-8(6)11/h1-3,9-10,12H,4H2. The number of carbonyl (C=O) groups is 1. The number of carbonyl (C=O) groups excluding carboxylic acids is 1. The van der Waals surface area contributed by atoms with Crippen LogP contribution in [0.25, 0.3) is 0 Å². The molecule has 1 atom stereocenters. The van der Waals surface area contributed by atoms with E-state index in [4.69, 9.17) is 5.11 Å². The predicted molar refractivity (Wildman–Crippen MR) is 42.0 cm³/mol. The fourth-order valence-corrected chi connectivity index (χ4v) is 1.48. The van der Waals surface area contributed by atoms with Gasteiger partial charge in [0.1, 0.15) is 5.75 Å². The van der Waals surface area contributed by atoms with Crippen LogP contribution in [0.15, 0.2) is 18.2 Å². The summed E-state index contributed by atoms with van der Waals surface area (Å²) in [5, 5.41) is 18.4. The Hall–Kier alpha value is -1.35. The molecule has 1 aliphatic carbocycles. The van der Waals surface area contributed by atoms with Crippen molar-refractivity contribution in [1.29, 1.82) is 0 Å². The van der Waals surface area contributed by atoms with Gasteiger partial charge >= 0.3 is 0 Å². The maximum atomic E-state index is 11.1. The van der Waals surface area contributed by atoms with Gasteiger partial charge in [-0.25, -0.2) is 0 Å². The number of hydrogen-bond acceptors (Lipinski definition) is 3. The van der Waals surface area contributed by atoms with Gasteiger partial charge in [-0.3, -0.25) is 4.79 Å². The van der Waals surface area contributed by atoms with E-state index in [1.165, 1.54) is 12.1 Å². The number of hydrogen-bond donors (Lipinski definition) is 2. The monoisotopic (exact) mass is 164 g/mol. The van der Waals surface area contributed by atoms with Crippen LogP contribution in [0.3, 0.4) is 0 Å². The number of phenols is 1. The van der Waals surface area contributed by atoms with E-state index in [1.54, 1.807) is 6.07 Å². The molecular formula is C9H8O3. The lowest BCUT2D eigenvalue weighted by atomic mass is 10.1. The number of rotatable bonds is 0. The molecule has 1 aromatic rings. The van der Waals surface area contributed by atoms with Crippen molar-refractivity contribution in [2.45, 2.75) is 12.5 Å². The van der Waals surface area contributed by atoms with E-state index >= 15 is 0 Å². The Bertz CT molecular complexity index is 344. The first kappa shape index (κ1) is 7.31. The highest BCUT2D eigenvalue weighted by Gasteiger charge is 2.27. The van der Waals surface area contributed by atoms with Crippen LogP contribution in [0.4, 0.5) is 0 Å². The average Bonchev–Trinajstić information content (AvgIpc) is 2.28. The van der Waals surface area contributed by atoms with Gasteiger partial charge < -0.3 is 10.2 Å². The summed E-state index contributed by atoms with van der Waals surface area (Å²) in [7, 11) is 0. The molecule has 0 fully saturated rings. The minimum absolute atomic E-state index is 0.0579. The summed E-state index contributed by atoms with van der Waals surface area (Å²) in [5.41, 5.74) is 1.07. The number of ketones is 1. The van der Waals surface area contributed by atoms with E-state index in [0.717, 1.165) is 0 Å². The lowest BCUT2D eigenvalue weighted by molar-refractivity contribution is 0.0930. The smallest absolute Gasteiger partial charge is 0.166 e. The molecule has 0 bridgehead atoms. The quantitative estimate of drug-likeness (QED) is 0.601. The highest BCUT2D eigenvalue weighted by Crippen LogP contribution is 2.32. The van der Waals surface area contributed by atoms with Gasteiger partial charge in [0, 0.05) is 12.0 Å².